The van der Waals surface area contributed by atoms with E-state index in [4.69, 9.17) is 9.97 Å². The van der Waals surface area contributed by atoms with E-state index < -0.39 is 0 Å². The Morgan fingerprint density at radius 3 is 2.46 bits per heavy atom. The van der Waals surface area contributed by atoms with Crippen LogP contribution in [0, 0.1) is 0 Å². The molecule has 0 radical (unpaired) electrons. The fraction of sp³-hybridized carbons (Fsp3) is 0.348. The third-order valence-electron chi connectivity index (χ3n) is 5.18. The van der Waals surface area contributed by atoms with E-state index in [-0.39, 0.29) is 0 Å². The van der Waals surface area contributed by atoms with Gasteiger partial charge in [-0.25, -0.2) is 4.98 Å². The second kappa shape index (κ2) is 9.31. The smallest absolute Gasteiger partial charge is 0.225 e. The van der Waals surface area contributed by atoms with Crippen molar-refractivity contribution in [2.24, 2.45) is 0 Å². The zero-order valence-electron chi connectivity index (χ0n) is 16.1. The molecule has 144 valence electrons. The average molecular weight is 374 g/mol. The summed E-state index contributed by atoms with van der Waals surface area (Å²) in [6, 6.07) is 16.8. The lowest BCUT2D eigenvalue weighted by Crippen LogP contribution is -2.20. The molecule has 4 rings (SSSR count). The first-order valence-corrected chi connectivity index (χ1v) is 10.2. The van der Waals surface area contributed by atoms with Crippen LogP contribution in [-0.2, 0) is 6.54 Å². The summed E-state index contributed by atoms with van der Waals surface area (Å²) in [5.41, 5.74) is 3.15. The van der Waals surface area contributed by atoms with Gasteiger partial charge in [0.05, 0.1) is 5.69 Å². The summed E-state index contributed by atoms with van der Waals surface area (Å²) in [5.74, 6) is 1.54. The SMILES string of the molecule is c1ccc(-c2cc(NCc3cccnc3)nc(NC3CCCCCC3)n2)cc1. The lowest BCUT2D eigenvalue weighted by Gasteiger charge is -2.18. The minimum Gasteiger partial charge on any atom is -0.366 e. The predicted octanol–water partition coefficient (Wildman–Crippen LogP) is 5.29. The van der Waals surface area contributed by atoms with Gasteiger partial charge in [0.15, 0.2) is 0 Å². The minimum atomic E-state index is 0.458. The highest BCUT2D eigenvalue weighted by atomic mass is 15.2. The maximum Gasteiger partial charge on any atom is 0.225 e. The molecule has 1 aliphatic rings. The van der Waals surface area contributed by atoms with Gasteiger partial charge in [-0.2, -0.15) is 4.98 Å². The van der Waals surface area contributed by atoms with Crippen LogP contribution in [0.5, 0.6) is 0 Å². The normalized spacial score (nSPS) is 15.0. The van der Waals surface area contributed by atoms with Crippen molar-refractivity contribution in [1.82, 2.24) is 15.0 Å². The van der Waals surface area contributed by atoms with Crippen molar-refractivity contribution in [1.29, 1.82) is 0 Å². The molecule has 1 aromatic carbocycles. The third kappa shape index (κ3) is 5.06. The van der Waals surface area contributed by atoms with Crippen LogP contribution in [0.1, 0.15) is 44.1 Å². The number of hydrogen-bond donors (Lipinski definition) is 2. The van der Waals surface area contributed by atoms with E-state index in [1.807, 2.05) is 36.5 Å². The van der Waals surface area contributed by atoms with E-state index >= 15 is 0 Å². The zero-order valence-corrected chi connectivity index (χ0v) is 16.1. The first-order chi connectivity index (χ1) is 13.9. The number of rotatable bonds is 6. The third-order valence-corrected chi connectivity index (χ3v) is 5.18. The molecule has 0 aliphatic heterocycles. The van der Waals surface area contributed by atoms with Crippen molar-refractivity contribution in [3.05, 3.63) is 66.5 Å². The van der Waals surface area contributed by atoms with Crippen LogP contribution in [-0.4, -0.2) is 21.0 Å². The Kier molecular flexibility index (Phi) is 6.12. The lowest BCUT2D eigenvalue weighted by molar-refractivity contribution is 0.615. The molecular formula is C23H27N5. The fourth-order valence-corrected chi connectivity index (χ4v) is 3.66. The van der Waals surface area contributed by atoms with Gasteiger partial charge < -0.3 is 10.6 Å². The van der Waals surface area contributed by atoms with E-state index in [1.165, 1.54) is 38.5 Å². The number of nitrogens with zero attached hydrogens (tertiary/aromatic N) is 3. The Balaban J connectivity index is 1.57. The Morgan fingerprint density at radius 2 is 1.71 bits per heavy atom. The molecule has 28 heavy (non-hydrogen) atoms. The van der Waals surface area contributed by atoms with Gasteiger partial charge in [0.2, 0.25) is 5.95 Å². The second-order valence-corrected chi connectivity index (χ2v) is 7.38. The van der Waals surface area contributed by atoms with Crippen LogP contribution in [0.2, 0.25) is 0 Å². The van der Waals surface area contributed by atoms with E-state index in [0.29, 0.717) is 18.5 Å². The van der Waals surface area contributed by atoms with Gasteiger partial charge in [0.1, 0.15) is 5.82 Å². The molecule has 0 amide bonds. The van der Waals surface area contributed by atoms with Crippen molar-refractivity contribution < 1.29 is 0 Å². The Bertz CT molecular complexity index is 859. The van der Waals surface area contributed by atoms with Crippen molar-refractivity contribution in [3.63, 3.8) is 0 Å². The second-order valence-electron chi connectivity index (χ2n) is 7.38. The topological polar surface area (TPSA) is 62.7 Å². The highest BCUT2D eigenvalue weighted by molar-refractivity contribution is 5.64. The highest BCUT2D eigenvalue weighted by Crippen LogP contribution is 2.24. The standard InChI is InChI=1S/C23H27N5/c1-2-7-13-20(12-6-1)26-23-27-21(19-10-4-3-5-11-19)15-22(28-23)25-17-18-9-8-14-24-16-18/h3-5,8-11,14-16,20H,1-2,6-7,12-13,17H2,(H2,25,26,27,28). The van der Waals surface area contributed by atoms with E-state index in [0.717, 1.165) is 22.6 Å². The molecular weight excluding hydrogens is 346 g/mol. The van der Waals surface area contributed by atoms with Gasteiger partial charge in [-0.1, -0.05) is 62.1 Å². The highest BCUT2D eigenvalue weighted by Gasteiger charge is 2.14. The summed E-state index contributed by atoms with van der Waals surface area (Å²) >= 11 is 0. The molecule has 2 N–H and O–H groups in total. The molecule has 2 aromatic heterocycles. The number of pyridine rings is 1. The van der Waals surface area contributed by atoms with Gasteiger partial charge in [0, 0.05) is 36.6 Å². The molecule has 1 saturated carbocycles. The molecule has 5 nitrogen and oxygen atoms in total. The summed E-state index contributed by atoms with van der Waals surface area (Å²) in [6.45, 7) is 0.682. The quantitative estimate of drug-likeness (QED) is 0.575. The number of nitrogens with one attached hydrogen (secondary N) is 2. The van der Waals surface area contributed by atoms with E-state index in [2.05, 4.69) is 33.8 Å². The predicted molar refractivity (Wildman–Crippen MR) is 114 cm³/mol. The maximum absolute atomic E-state index is 4.81. The van der Waals surface area contributed by atoms with Crippen molar-refractivity contribution in [2.45, 2.75) is 51.1 Å². The van der Waals surface area contributed by atoms with Crippen LogP contribution in [0.3, 0.4) is 0 Å². The largest absolute Gasteiger partial charge is 0.366 e. The summed E-state index contributed by atoms with van der Waals surface area (Å²) in [6.07, 6.45) is 11.3. The molecule has 0 unspecified atom stereocenters. The molecule has 0 saturated heterocycles. The van der Waals surface area contributed by atoms with Gasteiger partial charge in [-0.3, -0.25) is 4.98 Å². The van der Waals surface area contributed by atoms with Gasteiger partial charge in [-0.05, 0) is 24.5 Å². The van der Waals surface area contributed by atoms with Crippen LogP contribution in [0.4, 0.5) is 11.8 Å². The first kappa shape index (κ1) is 18.4. The van der Waals surface area contributed by atoms with Gasteiger partial charge >= 0.3 is 0 Å². The molecule has 0 spiro atoms. The van der Waals surface area contributed by atoms with Crippen LogP contribution in [0.25, 0.3) is 11.3 Å². The van der Waals surface area contributed by atoms with Crippen LogP contribution < -0.4 is 10.6 Å². The summed E-state index contributed by atoms with van der Waals surface area (Å²) < 4.78 is 0. The molecule has 0 bridgehead atoms. The molecule has 5 heteroatoms. The molecule has 1 fully saturated rings. The Labute approximate surface area is 166 Å². The summed E-state index contributed by atoms with van der Waals surface area (Å²) in [4.78, 5) is 13.7. The van der Waals surface area contributed by atoms with E-state index in [9.17, 15) is 0 Å². The fourth-order valence-electron chi connectivity index (χ4n) is 3.66. The minimum absolute atomic E-state index is 0.458. The lowest BCUT2D eigenvalue weighted by atomic mass is 10.1. The molecule has 0 atom stereocenters. The monoisotopic (exact) mass is 373 g/mol. The van der Waals surface area contributed by atoms with Gasteiger partial charge in [-0.15, -0.1) is 0 Å². The zero-order chi connectivity index (χ0) is 19.0. The summed E-state index contributed by atoms with van der Waals surface area (Å²) in [5, 5.41) is 7.02. The molecule has 3 aromatic rings. The Morgan fingerprint density at radius 1 is 0.893 bits per heavy atom. The maximum atomic E-state index is 4.81. The van der Waals surface area contributed by atoms with Crippen LogP contribution in [0.15, 0.2) is 60.9 Å². The van der Waals surface area contributed by atoms with Gasteiger partial charge in [0.25, 0.3) is 0 Å². The Hall–Kier alpha value is -2.95. The number of anilines is 2. The molecule has 2 heterocycles. The number of aromatic nitrogens is 3. The van der Waals surface area contributed by atoms with E-state index in [1.54, 1.807) is 6.20 Å². The number of hydrogen-bond acceptors (Lipinski definition) is 5. The molecule has 1 aliphatic carbocycles. The summed E-state index contributed by atoms with van der Waals surface area (Å²) in [7, 11) is 0. The average Bonchev–Trinajstić information content (AvgIpc) is 3.02. The number of benzene rings is 1. The first-order valence-electron chi connectivity index (χ1n) is 10.2. The van der Waals surface area contributed by atoms with Crippen molar-refractivity contribution in [3.8, 4) is 11.3 Å². The van der Waals surface area contributed by atoms with Crippen molar-refractivity contribution in [2.75, 3.05) is 10.6 Å². The van der Waals surface area contributed by atoms with Crippen molar-refractivity contribution >= 4 is 11.8 Å². The van der Waals surface area contributed by atoms with Crippen LogP contribution >= 0.6 is 0 Å².